The second kappa shape index (κ2) is 12.1. The highest BCUT2D eigenvalue weighted by molar-refractivity contribution is 8.00. The van der Waals surface area contributed by atoms with E-state index in [0.29, 0.717) is 11.7 Å². The van der Waals surface area contributed by atoms with Gasteiger partial charge in [0.2, 0.25) is 0 Å². The van der Waals surface area contributed by atoms with Crippen LogP contribution in [0.2, 0.25) is 0 Å². The van der Waals surface area contributed by atoms with Crippen molar-refractivity contribution in [1.29, 1.82) is 0 Å². The normalized spacial score (nSPS) is 14.8. The third kappa shape index (κ3) is 7.13. The predicted molar refractivity (Wildman–Crippen MR) is 120 cm³/mol. The van der Waals surface area contributed by atoms with Crippen LogP contribution in [0.4, 0.5) is 0 Å². The Bertz CT molecular complexity index is 758. The largest absolute Gasteiger partial charge is 0.481 e. The van der Waals surface area contributed by atoms with Gasteiger partial charge in [0.1, 0.15) is 11.5 Å². The zero-order valence-corrected chi connectivity index (χ0v) is 18.7. The second-order valence-electron chi connectivity index (χ2n) is 6.68. The number of rotatable bonds is 8. The number of thiazole rings is 1. The fraction of sp³-hybridized carbons (Fsp3) is 0.545. The molecule has 0 spiro atoms. The van der Waals surface area contributed by atoms with Gasteiger partial charge in [0, 0.05) is 23.0 Å². The minimum absolute atomic E-state index is 0.125. The van der Waals surface area contributed by atoms with Crippen LogP contribution in [0, 0.1) is 6.92 Å². The lowest BCUT2D eigenvalue weighted by Gasteiger charge is -2.18. The summed E-state index contributed by atoms with van der Waals surface area (Å²) in [5, 5.41) is 9.92. The molecule has 0 bridgehead atoms. The number of aromatic nitrogens is 1. The summed E-state index contributed by atoms with van der Waals surface area (Å²) in [5.41, 5.74) is 1.14. The van der Waals surface area contributed by atoms with Crippen molar-refractivity contribution in [3.63, 3.8) is 0 Å². The molecular weight excluding hydrogens is 390 g/mol. The highest BCUT2D eigenvalue weighted by Gasteiger charge is 2.20. The van der Waals surface area contributed by atoms with Crippen LogP contribution in [-0.4, -0.2) is 27.6 Å². The van der Waals surface area contributed by atoms with Gasteiger partial charge in [-0.1, -0.05) is 39.2 Å². The van der Waals surface area contributed by atoms with Gasteiger partial charge < -0.3 is 9.52 Å². The molecule has 1 aliphatic rings. The molecule has 154 valence electrons. The van der Waals surface area contributed by atoms with Crippen LogP contribution in [0.5, 0.6) is 0 Å². The third-order valence-electron chi connectivity index (χ3n) is 4.61. The Hall–Kier alpha value is -1.53. The summed E-state index contributed by atoms with van der Waals surface area (Å²) in [6.45, 7) is 6.16. The SMILES string of the molecule is CC.Cc1sc(C2CCCCC2)nc1Cc1ccc(/C=C/CSCC(=O)O)o1. The van der Waals surface area contributed by atoms with E-state index < -0.39 is 5.97 Å². The number of aliphatic carboxylic acids is 1. The van der Waals surface area contributed by atoms with Crippen molar-refractivity contribution in [2.75, 3.05) is 11.5 Å². The smallest absolute Gasteiger partial charge is 0.313 e. The first kappa shape index (κ1) is 22.8. The van der Waals surface area contributed by atoms with E-state index in [2.05, 4.69) is 6.92 Å². The van der Waals surface area contributed by atoms with Gasteiger partial charge in [-0.2, -0.15) is 0 Å². The van der Waals surface area contributed by atoms with E-state index in [-0.39, 0.29) is 5.75 Å². The molecule has 0 unspecified atom stereocenters. The van der Waals surface area contributed by atoms with Crippen molar-refractivity contribution in [1.82, 2.24) is 4.98 Å². The first-order valence-corrected chi connectivity index (χ1v) is 12.1. The first-order chi connectivity index (χ1) is 13.6. The Kier molecular flexibility index (Phi) is 9.85. The van der Waals surface area contributed by atoms with Gasteiger partial charge in [-0.3, -0.25) is 4.79 Å². The second-order valence-corrected chi connectivity index (χ2v) is 8.95. The van der Waals surface area contributed by atoms with Crippen LogP contribution in [0.25, 0.3) is 6.08 Å². The number of thioether (sulfide) groups is 1. The zero-order chi connectivity index (χ0) is 20.4. The molecule has 0 aliphatic heterocycles. The number of hydrogen-bond donors (Lipinski definition) is 1. The van der Waals surface area contributed by atoms with Gasteiger partial charge in [0.05, 0.1) is 16.5 Å². The molecular formula is C22H31NO3S2. The molecule has 0 amide bonds. The third-order valence-corrected chi connectivity index (χ3v) is 6.66. The van der Waals surface area contributed by atoms with Crippen molar-refractivity contribution >= 4 is 35.1 Å². The average Bonchev–Trinajstić information content (AvgIpc) is 3.30. The van der Waals surface area contributed by atoms with Gasteiger partial charge in [-0.05, 0) is 38.0 Å². The summed E-state index contributed by atoms with van der Waals surface area (Å²) in [5.74, 6) is 2.38. The number of nitrogens with zero attached hydrogens (tertiary/aromatic N) is 1. The van der Waals surface area contributed by atoms with Crippen LogP contribution < -0.4 is 0 Å². The topological polar surface area (TPSA) is 63.3 Å². The molecule has 1 saturated carbocycles. The zero-order valence-electron chi connectivity index (χ0n) is 17.1. The maximum atomic E-state index is 10.5. The Morgan fingerprint density at radius 3 is 2.79 bits per heavy atom. The fourth-order valence-corrected chi connectivity index (χ4v) is 4.89. The fourth-order valence-electron chi connectivity index (χ4n) is 3.26. The number of carboxylic acid groups (broad SMARTS) is 1. The molecule has 3 rings (SSSR count). The summed E-state index contributed by atoms with van der Waals surface area (Å²) < 4.78 is 5.88. The van der Waals surface area contributed by atoms with Crippen molar-refractivity contribution < 1.29 is 14.3 Å². The molecule has 0 atom stereocenters. The van der Waals surface area contributed by atoms with Crippen LogP contribution in [0.15, 0.2) is 22.6 Å². The van der Waals surface area contributed by atoms with Gasteiger partial charge in [0.15, 0.2) is 0 Å². The van der Waals surface area contributed by atoms with E-state index in [1.165, 1.54) is 53.8 Å². The van der Waals surface area contributed by atoms with Crippen LogP contribution >= 0.6 is 23.1 Å². The summed E-state index contributed by atoms with van der Waals surface area (Å²) in [7, 11) is 0. The van der Waals surface area contributed by atoms with E-state index in [1.54, 1.807) is 0 Å². The van der Waals surface area contributed by atoms with Crippen molar-refractivity contribution in [2.45, 2.75) is 65.2 Å². The molecule has 4 nitrogen and oxygen atoms in total. The average molecular weight is 422 g/mol. The van der Waals surface area contributed by atoms with Crippen LogP contribution in [0.1, 0.15) is 79.0 Å². The Labute approximate surface area is 176 Å². The Morgan fingerprint density at radius 2 is 2.07 bits per heavy atom. The lowest BCUT2D eigenvalue weighted by Crippen LogP contribution is -2.04. The number of aryl methyl sites for hydroxylation is 1. The molecule has 0 radical (unpaired) electrons. The number of furan rings is 1. The monoisotopic (exact) mass is 421 g/mol. The van der Waals surface area contributed by atoms with Crippen LogP contribution in [-0.2, 0) is 11.2 Å². The Balaban J connectivity index is 0.00000136. The summed E-state index contributed by atoms with van der Waals surface area (Å²) in [4.78, 5) is 16.7. The standard InChI is InChI=1S/C20H25NO3S2.C2H6/c1-14-18(21-20(26-14)15-6-3-2-4-7-15)12-17-10-9-16(24-17)8-5-11-25-13-19(22)23;1-2/h5,8-10,15H,2-4,6-7,11-13H2,1H3,(H,22,23);1-2H3/b8-5+;. The van der Waals surface area contributed by atoms with E-state index in [0.717, 1.165) is 23.6 Å². The highest BCUT2D eigenvalue weighted by atomic mass is 32.2. The van der Waals surface area contributed by atoms with Crippen molar-refractivity contribution in [3.05, 3.63) is 45.3 Å². The van der Waals surface area contributed by atoms with E-state index in [1.807, 2.05) is 49.5 Å². The summed E-state index contributed by atoms with van der Waals surface area (Å²) in [6.07, 6.45) is 11.2. The lowest BCUT2D eigenvalue weighted by molar-refractivity contribution is -0.133. The van der Waals surface area contributed by atoms with E-state index in [4.69, 9.17) is 14.5 Å². The minimum Gasteiger partial charge on any atom is -0.481 e. The molecule has 28 heavy (non-hydrogen) atoms. The Morgan fingerprint density at radius 1 is 1.32 bits per heavy atom. The van der Waals surface area contributed by atoms with Gasteiger partial charge >= 0.3 is 5.97 Å². The number of carbonyl (C=O) groups is 1. The van der Waals surface area contributed by atoms with Gasteiger partial charge in [-0.25, -0.2) is 4.98 Å². The van der Waals surface area contributed by atoms with E-state index in [9.17, 15) is 4.79 Å². The highest BCUT2D eigenvalue weighted by Crippen LogP contribution is 2.36. The predicted octanol–water partition coefficient (Wildman–Crippen LogP) is 6.54. The van der Waals surface area contributed by atoms with E-state index >= 15 is 0 Å². The first-order valence-electron chi connectivity index (χ1n) is 10.1. The van der Waals surface area contributed by atoms with Crippen molar-refractivity contribution in [3.8, 4) is 0 Å². The van der Waals surface area contributed by atoms with Crippen molar-refractivity contribution in [2.24, 2.45) is 0 Å². The maximum Gasteiger partial charge on any atom is 0.313 e. The molecule has 1 fully saturated rings. The minimum atomic E-state index is -0.782. The molecule has 0 aromatic carbocycles. The lowest BCUT2D eigenvalue weighted by atomic mass is 9.90. The molecule has 0 saturated heterocycles. The molecule has 2 heterocycles. The summed E-state index contributed by atoms with van der Waals surface area (Å²) >= 11 is 3.22. The number of carboxylic acids is 1. The molecule has 2 aromatic heterocycles. The quantitative estimate of drug-likeness (QED) is 0.490. The molecule has 1 N–H and O–H groups in total. The maximum absolute atomic E-state index is 10.5. The molecule has 6 heteroatoms. The van der Waals surface area contributed by atoms with Gasteiger partial charge in [-0.15, -0.1) is 23.1 Å². The number of hydrogen-bond acceptors (Lipinski definition) is 5. The summed E-state index contributed by atoms with van der Waals surface area (Å²) in [6, 6.07) is 3.96. The van der Waals surface area contributed by atoms with Gasteiger partial charge in [0.25, 0.3) is 0 Å². The molecule has 2 aromatic rings. The molecule has 1 aliphatic carbocycles. The van der Waals surface area contributed by atoms with Crippen LogP contribution in [0.3, 0.4) is 0 Å².